The van der Waals surface area contributed by atoms with Crippen LogP contribution in [0.1, 0.15) is 29.8 Å². The van der Waals surface area contributed by atoms with E-state index in [1.54, 1.807) is 6.07 Å². The van der Waals surface area contributed by atoms with E-state index < -0.39 is 0 Å². The molecule has 4 nitrogen and oxygen atoms in total. The molecule has 1 amide bonds. The molecular weight excluding hydrogens is 358 g/mol. The maximum absolute atomic E-state index is 12.5. The molecule has 0 aliphatic carbocycles. The van der Waals surface area contributed by atoms with Gasteiger partial charge in [-0.3, -0.25) is 4.79 Å². The van der Waals surface area contributed by atoms with Crippen LogP contribution in [0, 0.1) is 0 Å². The van der Waals surface area contributed by atoms with Crippen LogP contribution in [0.4, 0.5) is 5.69 Å². The van der Waals surface area contributed by atoms with Crippen molar-refractivity contribution < 1.29 is 14.3 Å². The zero-order valence-electron chi connectivity index (χ0n) is 13.1. The molecule has 0 spiro atoms. The monoisotopic (exact) mass is 375 g/mol. The van der Waals surface area contributed by atoms with E-state index >= 15 is 0 Å². The van der Waals surface area contributed by atoms with E-state index in [1.165, 1.54) is 0 Å². The number of anilines is 1. The zero-order chi connectivity index (χ0) is 16.4. The van der Waals surface area contributed by atoms with Crippen LogP contribution in [0.3, 0.4) is 0 Å². The average Bonchev–Trinajstić information content (AvgIpc) is 2.87. The van der Waals surface area contributed by atoms with E-state index in [4.69, 9.17) is 9.47 Å². The Hall–Kier alpha value is -2.01. The van der Waals surface area contributed by atoms with Crippen LogP contribution in [-0.2, 0) is 6.42 Å². The minimum absolute atomic E-state index is 0.147. The van der Waals surface area contributed by atoms with Gasteiger partial charge in [0.2, 0.25) is 0 Å². The maximum atomic E-state index is 12.5. The number of carbonyl (C=O) groups excluding carboxylic acids is 1. The lowest BCUT2D eigenvalue weighted by atomic mass is 10.1. The molecule has 120 valence electrons. The molecule has 1 aliphatic heterocycles. The second-order valence-corrected chi connectivity index (χ2v) is 6.31. The van der Waals surface area contributed by atoms with Gasteiger partial charge in [-0.1, -0.05) is 12.1 Å². The Labute approximate surface area is 143 Å². The second kappa shape index (κ2) is 6.62. The molecule has 23 heavy (non-hydrogen) atoms. The first-order chi connectivity index (χ1) is 11.1. The van der Waals surface area contributed by atoms with Gasteiger partial charge in [0.25, 0.3) is 5.91 Å². The lowest BCUT2D eigenvalue weighted by molar-refractivity contribution is 0.102. The number of fused-ring (bicyclic) bond motifs is 1. The molecule has 0 aromatic heterocycles. The molecule has 0 saturated heterocycles. The third-order valence-electron chi connectivity index (χ3n) is 3.66. The van der Waals surface area contributed by atoms with E-state index in [2.05, 4.69) is 21.2 Å². The Morgan fingerprint density at radius 3 is 2.91 bits per heavy atom. The number of nitrogens with one attached hydrogen (secondary N) is 1. The number of amides is 1. The molecule has 1 atom stereocenters. The van der Waals surface area contributed by atoms with Crippen molar-refractivity contribution in [2.45, 2.75) is 26.4 Å². The summed E-state index contributed by atoms with van der Waals surface area (Å²) in [6, 6.07) is 11.1. The number of hydrogen-bond acceptors (Lipinski definition) is 3. The highest BCUT2D eigenvalue weighted by molar-refractivity contribution is 9.10. The number of ether oxygens (including phenoxy) is 2. The van der Waals surface area contributed by atoms with Gasteiger partial charge in [-0.25, -0.2) is 0 Å². The summed E-state index contributed by atoms with van der Waals surface area (Å²) in [7, 11) is 0. The topological polar surface area (TPSA) is 47.6 Å². The highest BCUT2D eigenvalue weighted by Crippen LogP contribution is 2.38. The van der Waals surface area contributed by atoms with Crippen LogP contribution < -0.4 is 14.8 Å². The minimum Gasteiger partial charge on any atom is -0.492 e. The molecular formula is C18H18BrNO3. The Bertz CT molecular complexity index is 745. The van der Waals surface area contributed by atoms with Crippen molar-refractivity contribution in [1.82, 2.24) is 0 Å². The van der Waals surface area contributed by atoms with Gasteiger partial charge in [-0.2, -0.15) is 0 Å². The molecule has 0 saturated carbocycles. The van der Waals surface area contributed by atoms with Gasteiger partial charge in [0.1, 0.15) is 17.6 Å². The largest absolute Gasteiger partial charge is 0.492 e. The Kier molecular flexibility index (Phi) is 4.57. The summed E-state index contributed by atoms with van der Waals surface area (Å²) >= 11 is 3.40. The highest BCUT2D eigenvalue weighted by atomic mass is 79.9. The summed E-state index contributed by atoms with van der Waals surface area (Å²) in [5.74, 6) is 1.29. The third-order valence-corrected chi connectivity index (χ3v) is 4.36. The van der Waals surface area contributed by atoms with Crippen molar-refractivity contribution >= 4 is 27.5 Å². The van der Waals surface area contributed by atoms with Gasteiger partial charge in [-0.05, 0) is 48.0 Å². The van der Waals surface area contributed by atoms with Crippen molar-refractivity contribution in [2.75, 3.05) is 11.9 Å². The number of carbonyl (C=O) groups is 1. The van der Waals surface area contributed by atoms with Crippen LogP contribution >= 0.6 is 15.9 Å². The Morgan fingerprint density at radius 2 is 2.17 bits per heavy atom. The molecule has 1 N–H and O–H groups in total. The van der Waals surface area contributed by atoms with Crippen molar-refractivity contribution in [2.24, 2.45) is 0 Å². The fourth-order valence-corrected chi connectivity index (χ4v) is 3.11. The second-order valence-electron chi connectivity index (χ2n) is 5.46. The van der Waals surface area contributed by atoms with Gasteiger partial charge in [-0.15, -0.1) is 0 Å². The normalized spacial score (nSPS) is 15.7. The third kappa shape index (κ3) is 3.34. The molecule has 1 aliphatic rings. The maximum Gasteiger partial charge on any atom is 0.256 e. The highest BCUT2D eigenvalue weighted by Gasteiger charge is 2.23. The fourth-order valence-electron chi connectivity index (χ4n) is 2.65. The first kappa shape index (κ1) is 15.9. The molecule has 0 radical (unpaired) electrons. The van der Waals surface area contributed by atoms with Gasteiger partial charge >= 0.3 is 0 Å². The van der Waals surface area contributed by atoms with Crippen LogP contribution in [0.25, 0.3) is 0 Å². The summed E-state index contributed by atoms with van der Waals surface area (Å²) in [5.41, 5.74) is 2.31. The molecule has 5 heteroatoms. The van der Waals surface area contributed by atoms with E-state index in [-0.39, 0.29) is 12.0 Å². The van der Waals surface area contributed by atoms with Crippen molar-refractivity contribution in [3.8, 4) is 11.5 Å². The van der Waals surface area contributed by atoms with Gasteiger partial charge in [0.05, 0.1) is 17.9 Å². The molecule has 2 aromatic carbocycles. The average molecular weight is 376 g/mol. The summed E-state index contributed by atoms with van der Waals surface area (Å²) in [5, 5.41) is 2.92. The van der Waals surface area contributed by atoms with Crippen molar-refractivity contribution in [1.29, 1.82) is 0 Å². The van der Waals surface area contributed by atoms with Crippen LogP contribution in [-0.4, -0.2) is 18.6 Å². The summed E-state index contributed by atoms with van der Waals surface area (Å²) in [6.45, 7) is 4.48. The molecule has 1 heterocycles. The standard InChI is InChI=1S/C18H18BrNO3/c1-3-22-17-9-12-8-11(2)23-16(12)10-15(17)20-18(21)13-6-4-5-7-14(13)19/h4-7,9-11H,3,8H2,1-2H3,(H,20,21)/t11-/m1/s1. The lowest BCUT2D eigenvalue weighted by Gasteiger charge is -2.14. The fraction of sp³-hybridized carbons (Fsp3) is 0.278. The lowest BCUT2D eigenvalue weighted by Crippen LogP contribution is -2.13. The van der Waals surface area contributed by atoms with E-state index in [0.29, 0.717) is 23.6 Å². The predicted octanol–water partition coefficient (Wildman–Crippen LogP) is 4.42. The van der Waals surface area contributed by atoms with Crippen molar-refractivity contribution in [3.05, 3.63) is 52.0 Å². The first-order valence-corrected chi connectivity index (χ1v) is 8.40. The van der Waals surface area contributed by atoms with Gasteiger partial charge < -0.3 is 14.8 Å². The van der Waals surface area contributed by atoms with E-state index in [9.17, 15) is 4.79 Å². The molecule has 0 bridgehead atoms. The summed E-state index contributed by atoms with van der Waals surface area (Å²) in [6.07, 6.45) is 1.00. The first-order valence-electron chi connectivity index (χ1n) is 7.60. The predicted molar refractivity (Wildman–Crippen MR) is 93.5 cm³/mol. The Balaban J connectivity index is 1.91. The summed E-state index contributed by atoms with van der Waals surface area (Å²) < 4.78 is 12.2. The quantitative estimate of drug-likeness (QED) is 0.859. The minimum atomic E-state index is -0.190. The SMILES string of the molecule is CCOc1cc2c(cc1NC(=O)c1ccccc1Br)O[C@H](C)C2. The van der Waals surface area contributed by atoms with E-state index in [1.807, 2.05) is 44.2 Å². The van der Waals surface area contributed by atoms with Crippen LogP contribution in [0.15, 0.2) is 40.9 Å². The van der Waals surface area contributed by atoms with Gasteiger partial charge in [0, 0.05) is 22.5 Å². The van der Waals surface area contributed by atoms with Crippen LogP contribution in [0.5, 0.6) is 11.5 Å². The number of rotatable bonds is 4. The molecule has 3 rings (SSSR count). The summed E-state index contributed by atoms with van der Waals surface area (Å²) in [4.78, 5) is 12.5. The smallest absolute Gasteiger partial charge is 0.256 e. The Morgan fingerprint density at radius 1 is 1.39 bits per heavy atom. The zero-order valence-corrected chi connectivity index (χ0v) is 14.6. The molecule has 2 aromatic rings. The van der Waals surface area contributed by atoms with E-state index in [0.717, 1.165) is 22.2 Å². The molecule has 0 unspecified atom stereocenters. The number of hydrogen-bond donors (Lipinski definition) is 1. The van der Waals surface area contributed by atoms with Gasteiger partial charge in [0.15, 0.2) is 0 Å². The molecule has 0 fully saturated rings. The van der Waals surface area contributed by atoms with Crippen LogP contribution in [0.2, 0.25) is 0 Å². The number of halogens is 1. The number of benzene rings is 2. The van der Waals surface area contributed by atoms with Crippen molar-refractivity contribution in [3.63, 3.8) is 0 Å².